The number of ether oxygens (including phenoxy) is 1. The molecule has 5 rings (SSSR count). The Morgan fingerprint density at radius 1 is 0.974 bits per heavy atom. The van der Waals surface area contributed by atoms with E-state index in [0.29, 0.717) is 6.54 Å². The summed E-state index contributed by atoms with van der Waals surface area (Å²) in [7, 11) is 1.63. The van der Waals surface area contributed by atoms with Crippen molar-refractivity contribution in [3.8, 4) is 11.1 Å². The first-order valence-corrected chi connectivity index (χ1v) is 13.7. The van der Waals surface area contributed by atoms with Gasteiger partial charge < -0.3 is 19.9 Å². The number of carbonyl (C=O) groups excluding carboxylic acids is 1. The number of nitrogens with zero attached hydrogens (tertiary/aromatic N) is 4. The Morgan fingerprint density at radius 2 is 1.72 bits per heavy atom. The largest absolute Gasteiger partial charge is 0.379 e. The lowest BCUT2D eigenvalue weighted by Crippen LogP contribution is -2.35. The molecule has 0 radical (unpaired) electrons. The highest BCUT2D eigenvalue weighted by Crippen LogP contribution is 2.28. The van der Waals surface area contributed by atoms with Crippen molar-refractivity contribution in [3.63, 3.8) is 0 Å². The molecule has 0 unspecified atom stereocenters. The van der Waals surface area contributed by atoms with Gasteiger partial charge in [0.05, 0.1) is 19.8 Å². The molecule has 8 heteroatoms. The number of nitrogens with one attached hydrogen (secondary N) is 2. The number of benzene rings is 2. The normalized spacial score (nSPS) is 14.1. The van der Waals surface area contributed by atoms with E-state index < -0.39 is 0 Å². The van der Waals surface area contributed by atoms with Crippen LogP contribution < -0.4 is 10.6 Å². The Kier molecular flexibility index (Phi) is 8.24. The van der Waals surface area contributed by atoms with Crippen LogP contribution in [0.25, 0.3) is 22.3 Å². The molecule has 2 amide bonds. The predicted octanol–water partition coefficient (Wildman–Crippen LogP) is 4.59. The molecule has 0 spiro atoms. The van der Waals surface area contributed by atoms with Crippen molar-refractivity contribution in [2.45, 2.75) is 46.8 Å². The van der Waals surface area contributed by atoms with Gasteiger partial charge in [-0.2, -0.15) is 0 Å². The molecule has 8 nitrogen and oxygen atoms in total. The summed E-state index contributed by atoms with van der Waals surface area (Å²) in [4.78, 5) is 24.0. The van der Waals surface area contributed by atoms with Crippen LogP contribution in [0.3, 0.4) is 0 Å². The molecule has 0 saturated carbocycles. The molecule has 0 atom stereocenters. The van der Waals surface area contributed by atoms with Crippen molar-refractivity contribution in [2.24, 2.45) is 0 Å². The number of hydrogen-bond acceptors (Lipinski definition) is 5. The number of morpholine rings is 1. The highest BCUT2D eigenvalue weighted by Gasteiger charge is 2.16. The smallest absolute Gasteiger partial charge is 0.314 e. The topological polar surface area (TPSA) is 84.3 Å². The average Bonchev–Trinajstić information content (AvgIpc) is 3.30. The molecule has 39 heavy (non-hydrogen) atoms. The molecule has 1 saturated heterocycles. The average molecular weight is 527 g/mol. The first-order valence-electron chi connectivity index (χ1n) is 13.7. The van der Waals surface area contributed by atoms with Crippen molar-refractivity contribution in [2.75, 3.05) is 33.4 Å². The second-order valence-corrected chi connectivity index (χ2v) is 10.2. The van der Waals surface area contributed by atoms with E-state index >= 15 is 0 Å². The predicted molar refractivity (Wildman–Crippen MR) is 155 cm³/mol. The standard InChI is InChI=1S/C31H38N6O2/c1-5-28-35-29-21(2)16-22(3)34-30(29)37(28)20-23-6-9-25(10-7-23)27-17-24(19-36-12-14-39-15-13-36)8-11-26(27)18-33-31(38)32-4/h6-11,16-17H,5,12-15,18-20H2,1-4H3,(H2,32,33,38). The molecule has 0 aliphatic carbocycles. The maximum Gasteiger partial charge on any atom is 0.314 e. The van der Waals surface area contributed by atoms with Crippen LogP contribution in [-0.2, 0) is 30.8 Å². The van der Waals surface area contributed by atoms with Gasteiger partial charge in [-0.1, -0.05) is 43.3 Å². The van der Waals surface area contributed by atoms with Gasteiger partial charge in [-0.3, -0.25) is 4.90 Å². The first kappa shape index (κ1) is 26.8. The van der Waals surface area contributed by atoms with Crippen molar-refractivity contribution in [1.82, 2.24) is 30.1 Å². The molecule has 0 bridgehead atoms. The molecule has 2 aromatic carbocycles. The van der Waals surface area contributed by atoms with Crippen LogP contribution in [0.15, 0.2) is 48.5 Å². The van der Waals surface area contributed by atoms with Crippen LogP contribution in [0.5, 0.6) is 0 Å². The first-order chi connectivity index (χ1) is 18.9. The molecule has 2 aromatic heterocycles. The molecule has 1 aliphatic heterocycles. The van der Waals surface area contributed by atoms with E-state index in [1.807, 2.05) is 6.92 Å². The third-order valence-electron chi connectivity index (χ3n) is 7.37. The van der Waals surface area contributed by atoms with Gasteiger partial charge >= 0.3 is 6.03 Å². The SMILES string of the molecule is CCc1nc2c(C)cc(C)nc2n1Cc1ccc(-c2cc(CN3CCOCC3)ccc2CNC(=O)NC)cc1. The summed E-state index contributed by atoms with van der Waals surface area (Å²) in [6.07, 6.45) is 0.852. The van der Waals surface area contributed by atoms with Gasteiger partial charge in [0, 0.05) is 45.3 Å². The van der Waals surface area contributed by atoms with Crippen molar-refractivity contribution in [1.29, 1.82) is 0 Å². The fraction of sp³-hybridized carbons (Fsp3) is 0.387. The second-order valence-electron chi connectivity index (χ2n) is 10.2. The highest BCUT2D eigenvalue weighted by atomic mass is 16.5. The zero-order chi connectivity index (χ0) is 27.4. The van der Waals surface area contributed by atoms with Gasteiger partial charge in [-0.15, -0.1) is 0 Å². The molecular formula is C31H38N6O2. The summed E-state index contributed by atoms with van der Waals surface area (Å²) in [5.41, 5.74) is 9.92. The maximum absolute atomic E-state index is 11.9. The van der Waals surface area contributed by atoms with Crippen molar-refractivity contribution < 1.29 is 9.53 Å². The monoisotopic (exact) mass is 526 g/mol. The van der Waals surface area contributed by atoms with Gasteiger partial charge in [-0.25, -0.2) is 14.8 Å². The number of fused-ring (bicyclic) bond motifs is 1. The summed E-state index contributed by atoms with van der Waals surface area (Å²) in [5.74, 6) is 1.05. The number of aromatic nitrogens is 3. The molecule has 4 aromatic rings. The second kappa shape index (κ2) is 12.0. The van der Waals surface area contributed by atoms with Crippen molar-refractivity contribution in [3.05, 3.63) is 82.3 Å². The van der Waals surface area contributed by atoms with Crippen LogP contribution >= 0.6 is 0 Å². The lowest BCUT2D eigenvalue weighted by Gasteiger charge is -2.27. The Hall–Kier alpha value is -3.75. The number of urea groups is 1. The third kappa shape index (κ3) is 6.13. The van der Waals surface area contributed by atoms with Crippen LogP contribution in [0.2, 0.25) is 0 Å². The van der Waals surface area contributed by atoms with Gasteiger partial charge in [-0.05, 0) is 59.4 Å². The van der Waals surface area contributed by atoms with Gasteiger partial charge in [0.2, 0.25) is 0 Å². The summed E-state index contributed by atoms with van der Waals surface area (Å²) in [6.45, 7) is 11.8. The van der Waals surface area contributed by atoms with Crippen LogP contribution in [-0.4, -0.2) is 58.8 Å². The lowest BCUT2D eigenvalue weighted by molar-refractivity contribution is 0.0342. The van der Waals surface area contributed by atoms with E-state index in [1.165, 1.54) is 11.1 Å². The molecule has 3 heterocycles. The van der Waals surface area contributed by atoms with E-state index in [2.05, 4.69) is 82.5 Å². The highest BCUT2D eigenvalue weighted by molar-refractivity contribution is 5.76. The minimum atomic E-state index is -0.188. The Morgan fingerprint density at radius 3 is 2.44 bits per heavy atom. The molecule has 2 N–H and O–H groups in total. The van der Waals surface area contributed by atoms with Gasteiger partial charge in [0.1, 0.15) is 11.3 Å². The molecule has 1 aliphatic rings. The minimum absolute atomic E-state index is 0.188. The Balaban J connectivity index is 1.43. The third-order valence-corrected chi connectivity index (χ3v) is 7.37. The number of aryl methyl sites for hydroxylation is 3. The fourth-order valence-electron chi connectivity index (χ4n) is 5.28. The fourth-order valence-corrected chi connectivity index (χ4v) is 5.28. The zero-order valence-corrected chi connectivity index (χ0v) is 23.4. The molecular weight excluding hydrogens is 488 g/mol. The van der Waals surface area contributed by atoms with Gasteiger partial charge in [0.25, 0.3) is 0 Å². The quantitative estimate of drug-likeness (QED) is 0.351. The number of rotatable bonds is 8. The summed E-state index contributed by atoms with van der Waals surface area (Å²) in [5, 5.41) is 5.58. The van der Waals surface area contributed by atoms with Crippen molar-refractivity contribution >= 4 is 17.2 Å². The van der Waals surface area contributed by atoms with E-state index in [9.17, 15) is 4.79 Å². The van der Waals surface area contributed by atoms with E-state index in [-0.39, 0.29) is 6.03 Å². The van der Waals surface area contributed by atoms with E-state index in [1.54, 1.807) is 7.05 Å². The molecule has 1 fully saturated rings. The number of amides is 2. The maximum atomic E-state index is 11.9. The van der Waals surface area contributed by atoms with Crippen LogP contribution in [0.4, 0.5) is 4.79 Å². The minimum Gasteiger partial charge on any atom is -0.379 e. The lowest BCUT2D eigenvalue weighted by atomic mass is 9.96. The number of imidazole rings is 1. The Bertz CT molecular complexity index is 1450. The number of pyridine rings is 1. The van der Waals surface area contributed by atoms with E-state index in [4.69, 9.17) is 14.7 Å². The van der Waals surface area contributed by atoms with E-state index in [0.717, 1.165) is 90.7 Å². The molecule has 204 valence electrons. The van der Waals surface area contributed by atoms with Crippen LogP contribution in [0, 0.1) is 13.8 Å². The van der Waals surface area contributed by atoms with Crippen LogP contribution in [0.1, 0.15) is 40.7 Å². The summed E-state index contributed by atoms with van der Waals surface area (Å²) >= 11 is 0. The zero-order valence-electron chi connectivity index (χ0n) is 23.4. The van der Waals surface area contributed by atoms with Gasteiger partial charge in [0.15, 0.2) is 5.65 Å². The Labute approximate surface area is 230 Å². The number of carbonyl (C=O) groups is 1. The summed E-state index contributed by atoms with van der Waals surface area (Å²) < 4.78 is 7.76. The summed E-state index contributed by atoms with van der Waals surface area (Å²) in [6, 6.07) is 17.2. The number of hydrogen-bond donors (Lipinski definition) is 2.